The molecule has 9 heteroatoms. The third kappa shape index (κ3) is 9.07. The maximum atomic E-state index is 9.83. The Hall–Kier alpha value is -3.60. The fraction of sp³-hybridized carbons (Fsp3) is 0.262. The van der Waals surface area contributed by atoms with E-state index in [4.69, 9.17) is 9.47 Å². The number of aliphatic hydroxyl groups is 1. The second-order valence-corrected chi connectivity index (χ2v) is 15.9. The number of methoxy groups -OCH3 is 2. The van der Waals surface area contributed by atoms with Crippen LogP contribution in [0.4, 0.5) is 5.69 Å². The van der Waals surface area contributed by atoms with Crippen LogP contribution in [0.2, 0.25) is 0 Å². The molecule has 1 N–H and O–H groups in total. The first-order valence-electron chi connectivity index (χ1n) is 17.1. The zero-order chi connectivity index (χ0) is 35.6. The quantitative estimate of drug-likeness (QED) is 0.0612. The first kappa shape index (κ1) is 37.2. The van der Waals surface area contributed by atoms with Gasteiger partial charge in [-0.3, -0.25) is 0 Å². The summed E-state index contributed by atoms with van der Waals surface area (Å²) in [5, 5.41) is 12.2. The molecular weight excluding hydrogens is 709 g/mol. The molecule has 5 aromatic rings. The van der Waals surface area contributed by atoms with Crippen LogP contribution < -0.4 is 18.9 Å². The summed E-state index contributed by atoms with van der Waals surface area (Å²) in [4.78, 5) is 5.94. The van der Waals surface area contributed by atoms with Crippen LogP contribution in [0.15, 0.2) is 128 Å². The summed E-state index contributed by atoms with van der Waals surface area (Å²) < 4.78 is 15.2. The first-order chi connectivity index (χ1) is 25.0. The Bertz CT molecular complexity index is 2020. The number of thioether (sulfide) groups is 3. The summed E-state index contributed by atoms with van der Waals surface area (Å²) in [6, 6.07) is 30.2. The summed E-state index contributed by atoms with van der Waals surface area (Å²) in [6.07, 6.45) is 16.5. The molecule has 51 heavy (non-hydrogen) atoms. The minimum absolute atomic E-state index is 0.152. The van der Waals surface area contributed by atoms with Crippen LogP contribution in [0.1, 0.15) is 29.0 Å². The van der Waals surface area contributed by atoms with Gasteiger partial charge in [0.2, 0.25) is 5.52 Å². The molecule has 0 bridgehead atoms. The van der Waals surface area contributed by atoms with E-state index in [-0.39, 0.29) is 6.61 Å². The number of thiazole rings is 1. The normalized spacial score (nSPS) is 13.9. The van der Waals surface area contributed by atoms with Crippen LogP contribution >= 0.6 is 46.6 Å². The number of ether oxygens (including phenoxy) is 2. The van der Waals surface area contributed by atoms with Gasteiger partial charge < -0.3 is 19.5 Å². The number of hydrogen-bond donors (Lipinski definition) is 1. The van der Waals surface area contributed by atoms with Gasteiger partial charge >= 0.3 is 0 Å². The van der Waals surface area contributed by atoms with Crippen LogP contribution in [0.25, 0.3) is 16.3 Å². The summed E-state index contributed by atoms with van der Waals surface area (Å²) in [5.74, 6) is 1.81. The van der Waals surface area contributed by atoms with Crippen molar-refractivity contribution in [1.82, 2.24) is 0 Å². The zero-order valence-electron chi connectivity index (χ0n) is 29.6. The second-order valence-electron chi connectivity index (χ2n) is 12.1. The van der Waals surface area contributed by atoms with Crippen molar-refractivity contribution >= 4 is 68.6 Å². The molecule has 5 nitrogen and oxygen atoms in total. The van der Waals surface area contributed by atoms with E-state index < -0.39 is 0 Å². The number of aryl methyl sites for hydroxylation is 2. The fourth-order valence-corrected chi connectivity index (χ4v) is 9.73. The Kier molecular flexibility index (Phi) is 13.3. The predicted octanol–water partition coefficient (Wildman–Crippen LogP) is 10.3. The van der Waals surface area contributed by atoms with Crippen molar-refractivity contribution in [3.05, 3.63) is 130 Å². The Labute approximate surface area is 319 Å². The third-order valence-electron chi connectivity index (χ3n) is 8.91. The maximum Gasteiger partial charge on any atom is 0.262 e. The van der Waals surface area contributed by atoms with E-state index in [9.17, 15) is 5.11 Å². The van der Waals surface area contributed by atoms with Gasteiger partial charge in [-0.25, -0.2) is 0 Å². The number of hydrogen-bond acceptors (Lipinski definition) is 8. The molecule has 6 rings (SSSR count). The summed E-state index contributed by atoms with van der Waals surface area (Å²) in [5.41, 5.74) is 6.17. The molecule has 1 aliphatic rings. The molecule has 0 amide bonds. The van der Waals surface area contributed by atoms with E-state index in [0.29, 0.717) is 6.42 Å². The molecule has 264 valence electrons. The van der Waals surface area contributed by atoms with Crippen molar-refractivity contribution in [3.63, 3.8) is 0 Å². The van der Waals surface area contributed by atoms with Crippen LogP contribution in [-0.2, 0) is 19.4 Å². The van der Waals surface area contributed by atoms with E-state index in [0.717, 1.165) is 53.6 Å². The van der Waals surface area contributed by atoms with Gasteiger partial charge in [0.1, 0.15) is 16.2 Å². The van der Waals surface area contributed by atoms with E-state index >= 15 is 0 Å². The first-order valence-corrected chi connectivity index (χ1v) is 21.2. The summed E-state index contributed by atoms with van der Waals surface area (Å²) >= 11 is 7.04. The number of fused-ring (bicyclic) bond motifs is 2. The van der Waals surface area contributed by atoms with Crippen LogP contribution in [-0.4, -0.2) is 45.0 Å². The van der Waals surface area contributed by atoms with Gasteiger partial charge in [-0.2, -0.15) is 4.57 Å². The molecule has 0 saturated heterocycles. The SMILES string of the molecule is COc1cc2c(cc1SC)SC(=CC=C(C=Cc1sc3cc(SC)c(OC)cc3[n+]1CCc1ccccc1)CCCO)N2CCc1ccccc1. The maximum absolute atomic E-state index is 9.83. The summed E-state index contributed by atoms with van der Waals surface area (Å²) in [7, 11) is 3.49. The number of rotatable bonds is 16. The predicted molar refractivity (Wildman–Crippen MR) is 220 cm³/mol. The lowest BCUT2D eigenvalue weighted by molar-refractivity contribution is -0.668. The van der Waals surface area contributed by atoms with Crippen molar-refractivity contribution in [2.24, 2.45) is 0 Å². The Morgan fingerprint density at radius 1 is 0.863 bits per heavy atom. The molecule has 2 heterocycles. The van der Waals surface area contributed by atoms with Gasteiger partial charge in [0.15, 0.2) is 6.54 Å². The molecule has 4 aromatic carbocycles. The van der Waals surface area contributed by atoms with Gasteiger partial charge in [-0.15, -0.1) is 23.5 Å². The Balaban J connectivity index is 1.35. The number of allylic oxidation sites excluding steroid dienone is 4. The molecule has 0 fully saturated rings. The van der Waals surface area contributed by atoms with E-state index in [1.807, 2.05) is 23.1 Å². The number of aliphatic hydroxyl groups excluding tert-OH is 1. The average Bonchev–Trinajstić information content (AvgIpc) is 3.70. The smallest absolute Gasteiger partial charge is 0.262 e. The lowest BCUT2D eigenvalue weighted by Gasteiger charge is -2.21. The largest absolute Gasteiger partial charge is 0.496 e. The molecule has 1 aromatic heterocycles. The van der Waals surface area contributed by atoms with Crippen LogP contribution in [0, 0.1) is 0 Å². The highest BCUT2D eigenvalue weighted by Crippen LogP contribution is 2.50. The van der Waals surface area contributed by atoms with Crippen molar-refractivity contribution in [2.45, 2.75) is 46.9 Å². The molecule has 0 aliphatic carbocycles. The molecule has 0 saturated carbocycles. The zero-order valence-corrected chi connectivity index (χ0v) is 32.9. The highest BCUT2D eigenvalue weighted by Gasteiger charge is 2.27. The monoisotopic (exact) mass is 753 g/mol. The van der Waals surface area contributed by atoms with Gasteiger partial charge in [0, 0.05) is 36.6 Å². The van der Waals surface area contributed by atoms with Crippen molar-refractivity contribution in [3.8, 4) is 11.5 Å². The minimum Gasteiger partial charge on any atom is -0.496 e. The Morgan fingerprint density at radius 3 is 2.20 bits per heavy atom. The Morgan fingerprint density at radius 2 is 1.53 bits per heavy atom. The van der Waals surface area contributed by atoms with Crippen molar-refractivity contribution in [1.29, 1.82) is 0 Å². The molecule has 0 unspecified atom stereocenters. The molecule has 0 atom stereocenters. The topological polar surface area (TPSA) is 45.8 Å². The summed E-state index contributed by atoms with van der Waals surface area (Å²) in [6.45, 7) is 1.87. The number of anilines is 1. The van der Waals surface area contributed by atoms with Crippen molar-refractivity contribution < 1.29 is 19.1 Å². The van der Waals surface area contributed by atoms with Gasteiger partial charge in [0.25, 0.3) is 5.01 Å². The fourth-order valence-electron chi connectivity index (χ4n) is 6.20. The van der Waals surface area contributed by atoms with E-state index in [1.165, 1.54) is 47.5 Å². The second kappa shape index (κ2) is 18.2. The molecule has 0 spiro atoms. The van der Waals surface area contributed by atoms with E-state index in [2.05, 4.69) is 131 Å². The highest BCUT2D eigenvalue weighted by molar-refractivity contribution is 8.03. The number of aromatic nitrogens is 1. The van der Waals surface area contributed by atoms with Crippen LogP contribution in [0.3, 0.4) is 0 Å². The van der Waals surface area contributed by atoms with Gasteiger partial charge in [0.05, 0.1) is 40.8 Å². The van der Waals surface area contributed by atoms with Crippen LogP contribution in [0.5, 0.6) is 11.5 Å². The number of benzene rings is 4. The molecular formula is C42H45N2O3S4+. The standard InChI is InChI=1S/C42H45N2O3S4/c1-46-35-26-33-37(28-39(35)48-3)50-41(43(33)23-21-30-12-7-5-8-13-30)19-17-32(16-11-25-45)18-20-42-44(24-22-31-14-9-6-10-15-31)34-27-36(47-2)40(49-4)29-38(34)51-42/h5-10,12-15,17-20,26-29,45H,11,16,21-25H2,1-4H3/q+1. The lowest BCUT2D eigenvalue weighted by Crippen LogP contribution is -2.36. The van der Waals surface area contributed by atoms with Crippen molar-refractivity contribution in [2.75, 3.05) is 44.8 Å². The highest BCUT2D eigenvalue weighted by atomic mass is 32.2. The van der Waals surface area contributed by atoms with E-state index in [1.54, 1.807) is 37.7 Å². The minimum atomic E-state index is 0.152. The molecule has 1 aliphatic heterocycles. The third-order valence-corrected chi connectivity index (χ3v) is 12.7. The van der Waals surface area contributed by atoms with Gasteiger partial charge in [-0.05, 0) is 66.7 Å². The van der Waals surface area contributed by atoms with Gasteiger partial charge in [-0.1, -0.05) is 95.9 Å². The lowest BCUT2D eigenvalue weighted by atomic mass is 10.1. The molecule has 0 radical (unpaired) electrons. The average molecular weight is 754 g/mol. The number of nitrogens with zero attached hydrogens (tertiary/aromatic N) is 2.